The fourth-order valence-electron chi connectivity index (χ4n) is 0.973. The lowest BCUT2D eigenvalue weighted by molar-refractivity contribution is -0.153. The van der Waals surface area contributed by atoms with Gasteiger partial charge in [0.05, 0.1) is 0 Å². The van der Waals surface area contributed by atoms with E-state index >= 15 is 0 Å². The summed E-state index contributed by atoms with van der Waals surface area (Å²) in [6.07, 6.45) is 6.00. The van der Waals surface area contributed by atoms with Gasteiger partial charge in [0.2, 0.25) is 0 Å². The van der Waals surface area contributed by atoms with E-state index in [0.29, 0.717) is 0 Å². The Kier molecular flexibility index (Phi) is 9.45. The largest absolute Gasteiger partial charge is 0.479 e. The van der Waals surface area contributed by atoms with Crippen LogP contribution in [-0.2, 0) is 4.79 Å². The third kappa shape index (κ3) is 4.42. The predicted octanol–water partition coefficient (Wildman–Crippen LogP) is 1.48. The average Bonchev–Trinajstić information content (AvgIpc) is 2.31. The van der Waals surface area contributed by atoms with Crippen molar-refractivity contribution in [3.63, 3.8) is 0 Å². The quantitative estimate of drug-likeness (QED) is 0.621. The maximum Gasteiger partial charge on any atom is 0.341 e. The van der Waals surface area contributed by atoms with Crippen LogP contribution < -0.4 is 5.73 Å². The molecular formula is C12H21NO3. The van der Waals surface area contributed by atoms with Crippen molar-refractivity contribution in [3.05, 3.63) is 36.5 Å². The summed E-state index contributed by atoms with van der Waals surface area (Å²) in [4.78, 5) is 10.8. The molecule has 0 fully saturated rings. The van der Waals surface area contributed by atoms with Crippen LogP contribution in [0.15, 0.2) is 36.5 Å². The number of carbonyl (C=O) groups is 1. The number of rotatable bonds is 5. The summed E-state index contributed by atoms with van der Waals surface area (Å²) in [6.45, 7) is 8.71. The average molecular weight is 227 g/mol. The second kappa shape index (κ2) is 8.88. The van der Waals surface area contributed by atoms with E-state index in [2.05, 4.69) is 6.58 Å². The number of aliphatic hydroxyl groups is 1. The molecule has 0 saturated heterocycles. The Labute approximate surface area is 96.8 Å². The molecule has 0 spiro atoms. The lowest BCUT2D eigenvalue weighted by Crippen LogP contribution is -2.47. The van der Waals surface area contributed by atoms with Crippen LogP contribution in [0.5, 0.6) is 0 Å². The zero-order valence-electron chi connectivity index (χ0n) is 10.1. The van der Waals surface area contributed by atoms with Gasteiger partial charge in [0.1, 0.15) is 0 Å². The van der Waals surface area contributed by atoms with Crippen molar-refractivity contribution in [2.24, 2.45) is 5.73 Å². The topological polar surface area (TPSA) is 83.5 Å². The maximum atomic E-state index is 10.8. The molecule has 4 nitrogen and oxygen atoms in total. The summed E-state index contributed by atoms with van der Waals surface area (Å²) < 4.78 is 0. The third-order valence-electron chi connectivity index (χ3n) is 1.85. The number of carboxylic acids is 1. The van der Waals surface area contributed by atoms with Crippen LogP contribution in [0.2, 0.25) is 0 Å². The first-order valence-electron chi connectivity index (χ1n) is 5.14. The molecule has 0 aliphatic heterocycles. The molecule has 1 atom stereocenters. The Morgan fingerprint density at radius 1 is 1.50 bits per heavy atom. The maximum absolute atomic E-state index is 10.8. The van der Waals surface area contributed by atoms with Crippen LogP contribution in [-0.4, -0.2) is 28.3 Å². The number of hydrogen-bond acceptors (Lipinski definition) is 3. The van der Waals surface area contributed by atoms with E-state index in [9.17, 15) is 9.90 Å². The molecule has 0 bridgehead atoms. The van der Waals surface area contributed by atoms with E-state index < -0.39 is 11.6 Å². The van der Waals surface area contributed by atoms with Crippen LogP contribution in [0.1, 0.15) is 20.8 Å². The lowest BCUT2D eigenvalue weighted by Gasteiger charge is -2.22. The Morgan fingerprint density at radius 2 is 2.00 bits per heavy atom. The summed E-state index contributed by atoms with van der Waals surface area (Å²) >= 11 is 0. The molecule has 0 heterocycles. The second-order valence-electron chi connectivity index (χ2n) is 2.71. The second-order valence-corrected chi connectivity index (χ2v) is 2.71. The van der Waals surface area contributed by atoms with Gasteiger partial charge in [0, 0.05) is 6.54 Å². The van der Waals surface area contributed by atoms with Crippen LogP contribution in [0.3, 0.4) is 0 Å². The zero-order chi connectivity index (χ0) is 13.2. The minimum absolute atomic E-state index is 0.243. The van der Waals surface area contributed by atoms with Gasteiger partial charge in [-0.05, 0) is 12.5 Å². The van der Waals surface area contributed by atoms with Gasteiger partial charge in [0.25, 0.3) is 0 Å². The molecule has 0 aliphatic rings. The van der Waals surface area contributed by atoms with Gasteiger partial charge in [-0.15, -0.1) is 0 Å². The monoisotopic (exact) mass is 227 g/mol. The Hall–Kier alpha value is -1.39. The molecule has 0 amide bonds. The first-order valence-corrected chi connectivity index (χ1v) is 5.14. The molecule has 4 N–H and O–H groups in total. The van der Waals surface area contributed by atoms with Gasteiger partial charge < -0.3 is 15.9 Å². The zero-order valence-corrected chi connectivity index (χ0v) is 10.1. The van der Waals surface area contributed by atoms with E-state index in [4.69, 9.17) is 10.8 Å². The summed E-state index contributed by atoms with van der Waals surface area (Å²) in [5.41, 5.74) is 3.45. The van der Waals surface area contributed by atoms with Crippen molar-refractivity contribution >= 4 is 5.97 Å². The Morgan fingerprint density at radius 3 is 2.25 bits per heavy atom. The van der Waals surface area contributed by atoms with Crippen LogP contribution in [0.4, 0.5) is 0 Å². The highest BCUT2D eigenvalue weighted by molar-refractivity contribution is 5.82. The molecule has 0 rings (SSSR count). The van der Waals surface area contributed by atoms with Crippen LogP contribution >= 0.6 is 0 Å². The van der Waals surface area contributed by atoms with Gasteiger partial charge in [-0.2, -0.15) is 0 Å². The van der Waals surface area contributed by atoms with Crippen molar-refractivity contribution in [1.82, 2.24) is 0 Å². The van der Waals surface area contributed by atoms with Crippen LogP contribution in [0.25, 0.3) is 0 Å². The SMILES string of the molecule is C=C/C=C\C(=C/C)C(O)(CN)C(=O)O.CC. The molecule has 0 aromatic carbocycles. The van der Waals surface area contributed by atoms with E-state index in [1.165, 1.54) is 18.2 Å². The molecule has 16 heavy (non-hydrogen) atoms. The molecule has 4 heteroatoms. The molecule has 0 aliphatic carbocycles. The van der Waals surface area contributed by atoms with E-state index in [1.54, 1.807) is 13.0 Å². The highest BCUT2D eigenvalue weighted by Crippen LogP contribution is 2.17. The summed E-state index contributed by atoms with van der Waals surface area (Å²) in [5, 5.41) is 18.5. The molecular weight excluding hydrogens is 206 g/mol. The van der Waals surface area contributed by atoms with Crippen molar-refractivity contribution in [3.8, 4) is 0 Å². The Balaban J connectivity index is 0. The number of nitrogens with two attached hydrogens (primary N) is 1. The van der Waals surface area contributed by atoms with E-state index in [-0.39, 0.29) is 12.1 Å². The van der Waals surface area contributed by atoms with Gasteiger partial charge in [-0.1, -0.05) is 44.7 Å². The first kappa shape index (κ1) is 17.0. The van der Waals surface area contributed by atoms with Gasteiger partial charge in [0.15, 0.2) is 5.60 Å². The molecule has 0 aromatic rings. The van der Waals surface area contributed by atoms with Crippen LogP contribution in [0, 0.1) is 0 Å². The molecule has 0 aromatic heterocycles. The molecule has 1 unspecified atom stereocenters. The number of hydrogen-bond donors (Lipinski definition) is 3. The third-order valence-corrected chi connectivity index (χ3v) is 1.85. The van der Waals surface area contributed by atoms with Crippen molar-refractivity contribution in [1.29, 1.82) is 0 Å². The fourth-order valence-corrected chi connectivity index (χ4v) is 0.973. The highest BCUT2D eigenvalue weighted by Gasteiger charge is 2.36. The predicted molar refractivity (Wildman–Crippen MR) is 66.1 cm³/mol. The Bertz CT molecular complexity index is 282. The summed E-state index contributed by atoms with van der Waals surface area (Å²) in [5.74, 6) is -1.36. The van der Waals surface area contributed by atoms with Crippen molar-refractivity contribution < 1.29 is 15.0 Å². The highest BCUT2D eigenvalue weighted by atomic mass is 16.4. The van der Waals surface area contributed by atoms with Crippen molar-refractivity contribution in [2.75, 3.05) is 6.54 Å². The smallest absolute Gasteiger partial charge is 0.341 e. The van der Waals surface area contributed by atoms with Gasteiger partial charge in [-0.3, -0.25) is 0 Å². The van der Waals surface area contributed by atoms with Crippen molar-refractivity contribution in [2.45, 2.75) is 26.4 Å². The fraction of sp³-hybridized carbons (Fsp3) is 0.417. The first-order chi connectivity index (χ1) is 7.52. The van der Waals surface area contributed by atoms with Gasteiger partial charge >= 0.3 is 5.97 Å². The van der Waals surface area contributed by atoms with E-state index in [1.807, 2.05) is 13.8 Å². The lowest BCUT2D eigenvalue weighted by atomic mass is 9.93. The number of aliphatic carboxylic acids is 1. The summed E-state index contributed by atoms with van der Waals surface area (Å²) in [7, 11) is 0. The normalized spacial score (nSPS) is 14.9. The molecule has 0 saturated carbocycles. The molecule has 0 radical (unpaired) electrons. The minimum Gasteiger partial charge on any atom is -0.479 e. The van der Waals surface area contributed by atoms with Gasteiger partial charge in [-0.25, -0.2) is 4.79 Å². The summed E-state index contributed by atoms with van der Waals surface area (Å²) in [6, 6.07) is 0. The minimum atomic E-state index is -2.02. The van der Waals surface area contributed by atoms with E-state index in [0.717, 1.165) is 0 Å². The number of allylic oxidation sites excluding steroid dienone is 3. The molecule has 92 valence electrons. The number of carboxylic acid groups (broad SMARTS) is 1. The standard InChI is InChI=1S/C10H15NO3.C2H6/c1-3-5-6-8(4-2)10(14,7-11)9(12)13;1-2/h3-6,14H,1,7,11H2,2H3,(H,12,13);1-2H3/b6-5-,8-4+;.